The van der Waals surface area contributed by atoms with Crippen molar-refractivity contribution in [3.63, 3.8) is 0 Å². The van der Waals surface area contributed by atoms with Gasteiger partial charge in [0, 0.05) is 11.6 Å². The average Bonchev–Trinajstić information content (AvgIpc) is 2.70. The zero-order valence-electron chi connectivity index (χ0n) is 9.82. The third-order valence-corrected chi connectivity index (χ3v) is 5.06. The van der Waals surface area contributed by atoms with Crippen molar-refractivity contribution in [2.24, 2.45) is 0 Å². The molecule has 0 atom stereocenters. The minimum atomic E-state index is 0.621. The predicted octanol–water partition coefficient (Wildman–Crippen LogP) is 4.02. The molecule has 4 heteroatoms. The molecule has 0 spiro atoms. The molecule has 90 valence electrons. The SMILES string of the molecule is Cc1cccc2c(Br)nc(C3CCSCC3)n12. The number of hydrogen-bond donors (Lipinski definition) is 0. The fourth-order valence-corrected chi connectivity index (χ4v) is 4.12. The van der Waals surface area contributed by atoms with Gasteiger partial charge in [-0.1, -0.05) is 6.07 Å². The summed E-state index contributed by atoms with van der Waals surface area (Å²) < 4.78 is 3.29. The molecule has 2 nitrogen and oxygen atoms in total. The van der Waals surface area contributed by atoms with Gasteiger partial charge in [0.15, 0.2) is 0 Å². The van der Waals surface area contributed by atoms with Crippen molar-refractivity contribution < 1.29 is 0 Å². The molecule has 0 amide bonds. The topological polar surface area (TPSA) is 17.3 Å². The van der Waals surface area contributed by atoms with E-state index >= 15 is 0 Å². The highest BCUT2D eigenvalue weighted by molar-refractivity contribution is 9.10. The van der Waals surface area contributed by atoms with Gasteiger partial charge < -0.3 is 0 Å². The number of fused-ring (bicyclic) bond motifs is 1. The fraction of sp³-hybridized carbons (Fsp3) is 0.462. The molecule has 0 N–H and O–H groups in total. The standard InChI is InChI=1S/C13H15BrN2S/c1-9-3-2-4-11-12(14)15-13(16(9)11)10-5-7-17-8-6-10/h2-4,10H,5-8H2,1H3. The first kappa shape index (κ1) is 11.6. The van der Waals surface area contributed by atoms with Crippen LogP contribution in [0.15, 0.2) is 22.8 Å². The summed E-state index contributed by atoms with van der Waals surface area (Å²) in [5.74, 6) is 4.40. The lowest BCUT2D eigenvalue weighted by Crippen LogP contribution is -2.12. The zero-order valence-corrected chi connectivity index (χ0v) is 12.2. The Morgan fingerprint density at radius 1 is 1.35 bits per heavy atom. The van der Waals surface area contributed by atoms with Crippen molar-refractivity contribution in [1.29, 1.82) is 0 Å². The van der Waals surface area contributed by atoms with Crippen molar-refractivity contribution >= 4 is 33.2 Å². The maximum Gasteiger partial charge on any atom is 0.132 e. The van der Waals surface area contributed by atoms with Crippen LogP contribution in [0.2, 0.25) is 0 Å². The highest BCUT2D eigenvalue weighted by Gasteiger charge is 2.22. The number of halogens is 1. The van der Waals surface area contributed by atoms with Gasteiger partial charge in [0.1, 0.15) is 10.4 Å². The Balaban J connectivity index is 2.15. The highest BCUT2D eigenvalue weighted by atomic mass is 79.9. The van der Waals surface area contributed by atoms with Crippen LogP contribution in [0.4, 0.5) is 0 Å². The van der Waals surface area contributed by atoms with Crippen LogP contribution in [-0.4, -0.2) is 20.9 Å². The molecule has 1 saturated heterocycles. The summed E-state index contributed by atoms with van der Waals surface area (Å²) in [5.41, 5.74) is 2.46. The molecule has 1 aliphatic rings. The summed E-state index contributed by atoms with van der Waals surface area (Å²) >= 11 is 5.64. The Morgan fingerprint density at radius 3 is 2.88 bits per heavy atom. The van der Waals surface area contributed by atoms with Gasteiger partial charge in [-0.3, -0.25) is 4.40 Å². The number of pyridine rings is 1. The summed E-state index contributed by atoms with van der Waals surface area (Å²) in [7, 11) is 0. The molecule has 3 rings (SSSR count). The van der Waals surface area contributed by atoms with E-state index in [1.54, 1.807) is 0 Å². The lowest BCUT2D eigenvalue weighted by molar-refractivity contribution is 0.593. The monoisotopic (exact) mass is 310 g/mol. The van der Waals surface area contributed by atoms with E-state index < -0.39 is 0 Å². The summed E-state index contributed by atoms with van der Waals surface area (Å²) in [6.07, 6.45) is 2.51. The predicted molar refractivity (Wildman–Crippen MR) is 76.9 cm³/mol. The molecule has 1 fully saturated rings. The van der Waals surface area contributed by atoms with E-state index in [-0.39, 0.29) is 0 Å². The number of thioether (sulfide) groups is 1. The third kappa shape index (κ3) is 2.02. The second kappa shape index (κ2) is 4.65. The largest absolute Gasteiger partial charge is 0.300 e. The van der Waals surface area contributed by atoms with Gasteiger partial charge in [-0.05, 0) is 59.3 Å². The number of aromatic nitrogens is 2. The molecule has 0 aliphatic carbocycles. The summed E-state index contributed by atoms with van der Waals surface area (Å²) in [6.45, 7) is 2.15. The number of aryl methyl sites for hydroxylation is 1. The van der Waals surface area contributed by atoms with Gasteiger partial charge in [0.25, 0.3) is 0 Å². The van der Waals surface area contributed by atoms with Crippen LogP contribution in [0.25, 0.3) is 5.52 Å². The molecule has 0 saturated carbocycles. The van der Waals surface area contributed by atoms with Gasteiger partial charge >= 0.3 is 0 Å². The molecule has 2 aromatic heterocycles. The Labute approximate surface area is 114 Å². The average molecular weight is 311 g/mol. The van der Waals surface area contributed by atoms with Gasteiger partial charge in [0.2, 0.25) is 0 Å². The highest BCUT2D eigenvalue weighted by Crippen LogP contribution is 2.33. The molecular formula is C13H15BrN2S. The van der Waals surface area contributed by atoms with Crippen molar-refractivity contribution in [2.75, 3.05) is 11.5 Å². The van der Waals surface area contributed by atoms with E-state index in [1.165, 1.54) is 41.4 Å². The van der Waals surface area contributed by atoms with Gasteiger partial charge in [-0.2, -0.15) is 11.8 Å². The molecule has 1 aliphatic heterocycles. The quantitative estimate of drug-likeness (QED) is 0.791. The number of hydrogen-bond acceptors (Lipinski definition) is 2. The summed E-state index contributed by atoms with van der Waals surface area (Å²) in [6, 6.07) is 6.38. The third-order valence-electron chi connectivity index (χ3n) is 3.42. The Kier molecular flexibility index (Phi) is 3.17. The summed E-state index contributed by atoms with van der Waals surface area (Å²) in [5, 5.41) is 0. The van der Waals surface area contributed by atoms with Crippen molar-refractivity contribution in [2.45, 2.75) is 25.7 Å². The maximum atomic E-state index is 4.74. The molecule has 0 unspecified atom stereocenters. The van der Waals surface area contributed by atoms with Crippen LogP contribution in [0.1, 0.15) is 30.3 Å². The lowest BCUT2D eigenvalue weighted by atomic mass is 10.0. The number of imidazole rings is 1. The second-order valence-corrected chi connectivity index (χ2v) is 6.51. The van der Waals surface area contributed by atoms with Crippen molar-refractivity contribution in [1.82, 2.24) is 9.38 Å². The second-order valence-electron chi connectivity index (χ2n) is 4.54. The van der Waals surface area contributed by atoms with Crippen LogP contribution in [0.5, 0.6) is 0 Å². The molecule has 0 aromatic carbocycles. The van der Waals surface area contributed by atoms with Crippen LogP contribution in [-0.2, 0) is 0 Å². The molecule has 0 radical (unpaired) electrons. The van der Waals surface area contributed by atoms with Crippen molar-refractivity contribution in [3.8, 4) is 0 Å². The number of rotatable bonds is 1. The fourth-order valence-electron chi connectivity index (χ4n) is 2.52. The Bertz CT molecular complexity index is 544. The van der Waals surface area contributed by atoms with E-state index in [0.717, 1.165) is 4.60 Å². The van der Waals surface area contributed by atoms with Gasteiger partial charge in [-0.15, -0.1) is 0 Å². The number of nitrogens with zero attached hydrogens (tertiary/aromatic N) is 2. The summed E-state index contributed by atoms with van der Waals surface area (Å²) in [4.78, 5) is 4.74. The first-order chi connectivity index (χ1) is 8.27. The van der Waals surface area contributed by atoms with Crippen LogP contribution in [0, 0.1) is 6.92 Å². The molecule has 3 heterocycles. The molecular weight excluding hydrogens is 296 g/mol. The normalized spacial score (nSPS) is 17.8. The van der Waals surface area contributed by atoms with Crippen LogP contribution in [0.3, 0.4) is 0 Å². The van der Waals surface area contributed by atoms with E-state index in [2.05, 4.69) is 57.2 Å². The van der Waals surface area contributed by atoms with Crippen LogP contribution < -0.4 is 0 Å². The van der Waals surface area contributed by atoms with E-state index in [9.17, 15) is 0 Å². The lowest BCUT2D eigenvalue weighted by Gasteiger charge is -2.20. The first-order valence-electron chi connectivity index (χ1n) is 5.98. The molecule has 2 aromatic rings. The first-order valence-corrected chi connectivity index (χ1v) is 7.93. The molecule has 17 heavy (non-hydrogen) atoms. The Morgan fingerprint density at radius 2 is 2.12 bits per heavy atom. The van der Waals surface area contributed by atoms with Gasteiger partial charge in [0.05, 0.1) is 5.52 Å². The van der Waals surface area contributed by atoms with Crippen LogP contribution >= 0.6 is 27.7 Å². The smallest absolute Gasteiger partial charge is 0.132 e. The van der Waals surface area contributed by atoms with E-state index in [1.807, 2.05) is 0 Å². The van der Waals surface area contributed by atoms with Crippen molar-refractivity contribution in [3.05, 3.63) is 34.3 Å². The minimum absolute atomic E-state index is 0.621. The van der Waals surface area contributed by atoms with E-state index in [0.29, 0.717) is 5.92 Å². The minimum Gasteiger partial charge on any atom is -0.300 e. The zero-order chi connectivity index (χ0) is 11.8. The Hall–Kier alpha value is -0.480. The van der Waals surface area contributed by atoms with Gasteiger partial charge in [-0.25, -0.2) is 4.98 Å². The van der Waals surface area contributed by atoms with E-state index in [4.69, 9.17) is 4.98 Å². The molecule has 0 bridgehead atoms. The maximum absolute atomic E-state index is 4.74.